The number of thiazole rings is 1. The summed E-state index contributed by atoms with van der Waals surface area (Å²) < 4.78 is 5.57. The molecule has 2 rings (SSSR count). The Bertz CT molecular complexity index is 423. The van der Waals surface area contributed by atoms with Gasteiger partial charge in [0.1, 0.15) is 12.4 Å². The van der Waals surface area contributed by atoms with Crippen LogP contribution in [0, 0.1) is 0 Å². The van der Waals surface area contributed by atoms with Crippen molar-refractivity contribution in [2.75, 3.05) is 0 Å². The van der Waals surface area contributed by atoms with Crippen LogP contribution in [-0.4, -0.2) is 10.1 Å². The first kappa shape index (κ1) is 11.1. The van der Waals surface area contributed by atoms with Gasteiger partial charge in [0, 0.05) is 6.20 Å². The van der Waals surface area contributed by atoms with Crippen molar-refractivity contribution in [2.45, 2.75) is 19.6 Å². The van der Waals surface area contributed by atoms with E-state index in [1.54, 1.807) is 30.0 Å². The summed E-state index contributed by atoms with van der Waals surface area (Å²) in [4.78, 5) is 5.07. The summed E-state index contributed by atoms with van der Waals surface area (Å²) >= 11 is 1.57. The third-order valence-corrected chi connectivity index (χ3v) is 2.98. The van der Waals surface area contributed by atoms with Gasteiger partial charge in [-0.05, 0) is 24.6 Å². The number of ether oxygens (including phenoxy) is 1. The summed E-state index contributed by atoms with van der Waals surface area (Å²) in [6, 6.07) is 7.46. The molecule has 1 N–H and O–H groups in total. The van der Waals surface area contributed by atoms with Gasteiger partial charge in [-0.1, -0.05) is 12.1 Å². The van der Waals surface area contributed by atoms with Crippen LogP contribution < -0.4 is 4.74 Å². The maximum absolute atomic E-state index is 9.35. The van der Waals surface area contributed by atoms with Crippen LogP contribution in [0.15, 0.2) is 36.0 Å². The van der Waals surface area contributed by atoms with Gasteiger partial charge >= 0.3 is 0 Å². The van der Waals surface area contributed by atoms with E-state index in [-0.39, 0.29) is 0 Å². The zero-order chi connectivity index (χ0) is 11.4. The molecule has 4 heteroatoms. The molecule has 2 aromatic rings. The lowest BCUT2D eigenvalue weighted by atomic mass is 10.1. The lowest BCUT2D eigenvalue weighted by molar-refractivity contribution is 0.199. The first-order valence-electron chi connectivity index (χ1n) is 5.04. The Labute approximate surface area is 98.4 Å². The number of aliphatic hydroxyl groups is 1. The molecule has 0 saturated heterocycles. The van der Waals surface area contributed by atoms with Gasteiger partial charge in [0.05, 0.1) is 16.5 Å². The minimum absolute atomic E-state index is 0.435. The fourth-order valence-electron chi connectivity index (χ4n) is 1.31. The molecule has 0 spiro atoms. The molecule has 0 saturated carbocycles. The van der Waals surface area contributed by atoms with Gasteiger partial charge in [-0.25, -0.2) is 0 Å². The van der Waals surface area contributed by atoms with Crippen LogP contribution in [0.3, 0.4) is 0 Å². The number of aromatic nitrogens is 1. The standard InChI is InChI=1S/C12H13NO2S/c1-9(14)10-2-4-11(5-3-10)15-7-12-6-13-8-16-12/h2-6,8-9,14H,7H2,1H3/t9-/m0/s1. The van der Waals surface area contributed by atoms with Crippen LogP contribution in [0.25, 0.3) is 0 Å². The average molecular weight is 235 g/mol. The SMILES string of the molecule is C[C@H](O)c1ccc(OCc2cncs2)cc1. The highest BCUT2D eigenvalue weighted by Gasteiger charge is 2.01. The second-order valence-corrected chi connectivity index (χ2v) is 4.47. The van der Waals surface area contributed by atoms with Crippen LogP contribution in [0.4, 0.5) is 0 Å². The summed E-state index contributed by atoms with van der Waals surface area (Å²) in [6.45, 7) is 2.28. The molecule has 1 atom stereocenters. The molecule has 0 fully saturated rings. The second kappa shape index (κ2) is 5.09. The maximum Gasteiger partial charge on any atom is 0.124 e. The molecule has 0 aliphatic heterocycles. The molecule has 0 unspecified atom stereocenters. The summed E-state index contributed by atoms with van der Waals surface area (Å²) in [7, 11) is 0. The maximum atomic E-state index is 9.35. The predicted molar refractivity (Wildman–Crippen MR) is 63.5 cm³/mol. The predicted octanol–water partition coefficient (Wildman–Crippen LogP) is 2.78. The number of hydrogen-bond donors (Lipinski definition) is 1. The smallest absolute Gasteiger partial charge is 0.124 e. The first-order chi connectivity index (χ1) is 7.75. The monoisotopic (exact) mass is 235 g/mol. The summed E-state index contributed by atoms with van der Waals surface area (Å²) in [6.07, 6.45) is 1.37. The molecule has 0 radical (unpaired) electrons. The topological polar surface area (TPSA) is 42.4 Å². The van der Waals surface area contributed by atoms with E-state index in [9.17, 15) is 5.11 Å². The number of benzene rings is 1. The Morgan fingerprint density at radius 2 is 2.12 bits per heavy atom. The molecule has 0 aliphatic carbocycles. The van der Waals surface area contributed by atoms with Crippen molar-refractivity contribution in [1.29, 1.82) is 0 Å². The first-order valence-corrected chi connectivity index (χ1v) is 5.92. The highest BCUT2D eigenvalue weighted by Crippen LogP contribution is 2.18. The highest BCUT2D eigenvalue weighted by atomic mass is 32.1. The van der Waals surface area contributed by atoms with E-state index in [1.807, 2.05) is 24.3 Å². The van der Waals surface area contributed by atoms with Crippen molar-refractivity contribution in [3.8, 4) is 5.75 Å². The van der Waals surface area contributed by atoms with Crippen LogP contribution in [-0.2, 0) is 6.61 Å². The van der Waals surface area contributed by atoms with Crippen molar-refractivity contribution >= 4 is 11.3 Å². The molecule has 0 aliphatic rings. The molecule has 3 nitrogen and oxygen atoms in total. The van der Waals surface area contributed by atoms with E-state index in [4.69, 9.17) is 4.74 Å². The summed E-state index contributed by atoms with van der Waals surface area (Å²) in [5.41, 5.74) is 2.68. The molecule has 84 valence electrons. The van der Waals surface area contributed by atoms with E-state index in [0.29, 0.717) is 6.61 Å². The zero-order valence-corrected chi connectivity index (χ0v) is 9.78. The number of rotatable bonds is 4. The average Bonchev–Trinajstić information content (AvgIpc) is 2.80. The van der Waals surface area contributed by atoms with Gasteiger partial charge in [0.25, 0.3) is 0 Å². The summed E-state index contributed by atoms with van der Waals surface area (Å²) in [5, 5.41) is 9.35. The molecule has 1 heterocycles. The minimum atomic E-state index is -0.435. The second-order valence-electron chi connectivity index (χ2n) is 3.50. The molecule has 1 aromatic carbocycles. The van der Waals surface area contributed by atoms with Crippen molar-refractivity contribution in [3.63, 3.8) is 0 Å². The molecular weight excluding hydrogens is 222 g/mol. The van der Waals surface area contributed by atoms with E-state index in [1.165, 1.54) is 0 Å². The van der Waals surface area contributed by atoms with Gasteiger partial charge < -0.3 is 9.84 Å². The number of aliphatic hydroxyl groups excluding tert-OH is 1. The normalized spacial score (nSPS) is 12.4. The molecule has 16 heavy (non-hydrogen) atoms. The van der Waals surface area contributed by atoms with Crippen molar-refractivity contribution in [1.82, 2.24) is 4.98 Å². The Kier molecular flexibility index (Phi) is 3.54. The Morgan fingerprint density at radius 3 is 2.69 bits per heavy atom. The van der Waals surface area contributed by atoms with Gasteiger partial charge in [-0.3, -0.25) is 4.98 Å². The van der Waals surface area contributed by atoms with E-state index in [0.717, 1.165) is 16.2 Å². The Balaban J connectivity index is 1.95. The van der Waals surface area contributed by atoms with Crippen molar-refractivity contribution < 1.29 is 9.84 Å². The lowest BCUT2D eigenvalue weighted by Gasteiger charge is -2.07. The molecule has 0 amide bonds. The van der Waals surface area contributed by atoms with Crippen molar-refractivity contribution in [3.05, 3.63) is 46.4 Å². The van der Waals surface area contributed by atoms with Crippen LogP contribution in [0.2, 0.25) is 0 Å². The van der Waals surface area contributed by atoms with Crippen LogP contribution in [0.5, 0.6) is 5.75 Å². The third-order valence-electron chi connectivity index (χ3n) is 2.23. The Morgan fingerprint density at radius 1 is 1.38 bits per heavy atom. The fourth-order valence-corrected chi connectivity index (χ4v) is 1.82. The van der Waals surface area contributed by atoms with Gasteiger partial charge in [0.2, 0.25) is 0 Å². The largest absolute Gasteiger partial charge is 0.488 e. The highest BCUT2D eigenvalue weighted by molar-refractivity contribution is 7.09. The van der Waals surface area contributed by atoms with Crippen molar-refractivity contribution in [2.24, 2.45) is 0 Å². The number of hydrogen-bond acceptors (Lipinski definition) is 4. The van der Waals surface area contributed by atoms with E-state index < -0.39 is 6.10 Å². The molecule has 0 bridgehead atoms. The fraction of sp³-hybridized carbons (Fsp3) is 0.250. The van der Waals surface area contributed by atoms with Gasteiger partial charge in [-0.2, -0.15) is 0 Å². The van der Waals surface area contributed by atoms with Crippen LogP contribution >= 0.6 is 11.3 Å². The summed E-state index contributed by atoms with van der Waals surface area (Å²) in [5.74, 6) is 0.804. The Hall–Kier alpha value is -1.39. The number of nitrogens with zero attached hydrogens (tertiary/aromatic N) is 1. The lowest BCUT2D eigenvalue weighted by Crippen LogP contribution is -1.94. The molecule has 1 aromatic heterocycles. The van der Waals surface area contributed by atoms with E-state index >= 15 is 0 Å². The third kappa shape index (κ3) is 2.81. The van der Waals surface area contributed by atoms with Gasteiger partial charge in [0.15, 0.2) is 0 Å². The minimum Gasteiger partial charge on any atom is -0.488 e. The van der Waals surface area contributed by atoms with Crippen LogP contribution in [0.1, 0.15) is 23.5 Å². The van der Waals surface area contributed by atoms with Gasteiger partial charge in [-0.15, -0.1) is 11.3 Å². The quantitative estimate of drug-likeness (QED) is 0.886. The zero-order valence-electron chi connectivity index (χ0n) is 8.96. The molecular formula is C12H13NO2S. The van der Waals surface area contributed by atoms with E-state index in [2.05, 4.69) is 4.98 Å².